The van der Waals surface area contributed by atoms with Crippen molar-refractivity contribution in [3.8, 4) is 0 Å². The SMILES string of the molecule is C[C@@H](C(=O)O)N([O-])c1ccccn1. The van der Waals surface area contributed by atoms with Crippen molar-refractivity contribution < 1.29 is 9.90 Å². The number of pyridine rings is 1. The van der Waals surface area contributed by atoms with Crippen LogP contribution in [0, 0.1) is 5.21 Å². The van der Waals surface area contributed by atoms with E-state index in [0.717, 1.165) is 0 Å². The first kappa shape index (κ1) is 9.47. The molecule has 1 aromatic rings. The van der Waals surface area contributed by atoms with Gasteiger partial charge in [0.2, 0.25) is 0 Å². The summed E-state index contributed by atoms with van der Waals surface area (Å²) in [7, 11) is 0. The summed E-state index contributed by atoms with van der Waals surface area (Å²) >= 11 is 0. The van der Waals surface area contributed by atoms with Gasteiger partial charge < -0.3 is 15.4 Å². The molecule has 0 amide bonds. The fourth-order valence-corrected chi connectivity index (χ4v) is 0.783. The van der Waals surface area contributed by atoms with Crippen molar-refractivity contribution in [3.05, 3.63) is 29.6 Å². The Balaban J connectivity index is 2.79. The lowest BCUT2D eigenvalue weighted by molar-refractivity contribution is -0.138. The van der Waals surface area contributed by atoms with Crippen LogP contribution in [0.5, 0.6) is 0 Å². The summed E-state index contributed by atoms with van der Waals surface area (Å²) in [4.78, 5) is 14.2. The monoisotopic (exact) mass is 181 g/mol. The van der Waals surface area contributed by atoms with Crippen molar-refractivity contribution in [3.63, 3.8) is 0 Å². The van der Waals surface area contributed by atoms with Crippen molar-refractivity contribution in [2.75, 3.05) is 5.06 Å². The largest absolute Gasteiger partial charge is 0.757 e. The molecule has 0 bridgehead atoms. The summed E-state index contributed by atoms with van der Waals surface area (Å²) in [6.07, 6.45) is 1.44. The molecule has 1 heterocycles. The van der Waals surface area contributed by atoms with E-state index in [9.17, 15) is 10.0 Å². The van der Waals surface area contributed by atoms with Crippen LogP contribution in [-0.2, 0) is 4.79 Å². The molecule has 5 nitrogen and oxygen atoms in total. The highest BCUT2D eigenvalue weighted by Gasteiger charge is 2.13. The number of anilines is 1. The molecule has 70 valence electrons. The summed E-state index contributed by atoms with van der Waals surface area (Å²) in [6.45, 7) is 1.31. The van der Waals surface area contributed by atoms with E-state index < -0.39 is 12.0 Å². The average molecular weight is 181 g/mol. The summed E-state index contributed by atoms with van der Waals surface area (Å²) in [6, 6.07) is 3.63. The third-order valence-corrected chi connectivity index (χ3v) is 1.58. The quantitative estimate of drug-likeness (QED) is 0.700. The summed E-state index contributed by atoms with van der Waals surface area (Å²) in [5.74, 6) is -1.06. The zero-order valence-electron chi connectivity index (χ0n) is 7.04. The van der Waals surface area contributed by atoms with Crippen molar-refractivity contribution in [1.82, 2.24) is 4.98 Å². The van der Waals surface area contributed by atoms with Crippen LogP contribution in [-0.4, -0.2) is 22.1 Å². The molecule has 0 spiro atoms. The molecule has 0 saturated carbocycles. The van der Waals surface area contributed by atoms with Crippen LogP contribution in [0.25, 0.3) is 0 Å². The number of aromatic nitrogens is 1. The van der Waals surface area contributed by atoms with Crippen molar-refractivity contribution in [2.24, 2.45) is 0 Å². The van der Waals surface area contributed by atoms with Gasteiger partial charge in [-0.25, -0.2) is 4.98 Å². The van der Waals surface area contributed by atoms with Gasteiger partial charge in [0.15, 0.2) is 0 Å². The van der Waals surface area contributed by atoms with Gasteiger partial charge in [0.25, 0.3) is 0 Å². The molecule has 5 heteroatoms. The molecular weight excluding hydrogens is 172 g/mol. The Morgan fingerprint density at radius 1 is 1.69 bits per heavy atom. The molecule has 0 radical (unpaired) electrons. The van der Waals surface area contributed by atoms with Gasteiger partial charge in [0.1, 0.15) is 11.9 Å². The number of nitrogens with zero attached hydrogens (tertiary/aromatic N) is 2. The van der Waals surface area contributed by atoms with Gasteiger partial charge in [-0.1, -0.05) is 6.07 Å². The van der Waals surface area contributed by atoms with Crippen molar-refractivity contribution >= 4 is 11.8 Å². The smallest absolute Gasteiger partial charge is 0.325 e. The molecule has 1 rings (SSSR count). The number of carboxylic acids is 1. The molecule has 0 aromatic carbocycles. The Bertz CT molecular complexity index is 289. The molecule has 0 saturated heterocycles. The Labute approximate surface area is 75.2 Å². The van der Waals surface area contributed by atoms with E-state index in [-0.39, 0.29) is 5.82 Å². The van der Waals surface area contributed by atoms with Crippen LogP contribution in [0.4, 0.5) is 5.82 Å². The Kier molecular flexibility index (Phi) is 2.81. The normalized spacial score (nSPS) is 12.2. The lowest BCUT2D eigenvalue weighted by Crippen LogP contribution is -2.34. The minimum absolute atomic E-state index is 0.109. The standard InChI is InChI=1S/C8H9N2O3/c1-6(8(11)12)10(13)7-4-2-3-5-9-7/h2-6H,1H3,(H,11,12)/q-1/t6-/m0/s1. The number of rotatable bonds is 3. The Hall–Kier alpha value is -1.62. The van der Waals surface area contributed by atoms with Gasteiger partial charge >= 0.3 is 5.97 Å². The highest BCUT2D eigenvalue weighted by molar-refractivity contribution is 5.77. The van der Waals surface area contributed by atoms with Gasteiger partial charge in [-0.3, -0.25) is 4.79 Å². The van der Waals surface area contributed by atoms with Gasteiger partial charge in [-0.05, 0) is 19.1 Å². The molecule has 0 unspecified atom stereocenters. The van der Waals surface area contributed by atoms with Gasteiger partial charge in [0, 0.05) is 6.20 Å². The highest BCUT2D eigenvalue weighted by atomic mass is 16.5. The molecule has 1 atom stereocenters. The first-order valence-electron chi connectivity index (χ1n) is 3.73. The first-order chi connectivity index (χ1) is 6.13. The molecule has 13 heavy (non-hydrogen) atoms. The van der Waals surface area contributed by atoms with Crippen LogP contribution in [0.1, 0.15) is 6.92 Å². The molecule has 1 N–H and O–H groups in total. The van der Waals surface area contributed by atoms with Crippen molar-refractivity contribution in [1.29, 1.82) is 0 Å². The number of aliphatic carboxylic acids is 1. The first-order valence-corrected chi connectivity index (χ1v) is 3.73. The summed E-state index contributed by atoms with van der Waals surface area (Å²) in [5, 5.41) is 20.2. The van der Waals surface area contributed by atoms with E-state index in [1.807, 2.05) is 0 Å². The van der Waals surface area contributed by atoms with Crippen LogP contribution in [0.2, 0.25) is 0 Å². The fraction of sp³-hybridized carbons (Fsp3) is 0.250. The van der Waals surface area contributed by atoms with E-state index >= 15 is 0 Å². The predicted octanol–water partition coefficient (Wildman–Crippen LogP) is 0.859. The Morgan fingerprint density at radius 2 is 2.38 bits per heavy atom. The summed E-state index contributed by atoms with van der Waals surface area (Å²) in [5.41, 5.74) is 0. The fourth-order valence-electron chi connectivity index (χ4n) is 0.783. The van der Waals surface area contributed by atoms with Gasteiger partial charge in [-0.15, -0.1) is 0 Å². The Morgan fingerprint density at radius 3 is 2.85 bits per heavy atom. The zero-order chi connectivity index (χ0) is 9.84. The van der Waals surface area contributed by atoms with E-state index in [0.29, 0.717) is 5.06 Å². The maximum atomic E-state index is 11.3. The lowest BCUT2D eigenvalue weighted by atomic mass is 10.3. The van der Waals surface area contributed by atoms with E-state index in [2.05, 4.69) is 4.98 Å². The number of carbonyl (C=O) groups is 1. The van der Waals surface area contributed by atoms with Crippen LogP contribution in [0.15, 0.2) is 24.4 Å². The van der Waals surface area contributed by atoms with Crippen LogP contribution in [0.3, 0.4) is 0 Å². The molecule has 1 aromatic heterocycles. The highest BCUT2D eigenvalue weighted by Crippen LogP contribution is 2.10. The molecule has 0 aliphatic carbocycles. The van der Waals surface area contributed by atoms with Gasteiger partial charge in [-0.2, -0.15) is 0 Å². The minimum Gasteiger partial charge on any atom is -0.757 e. The lowest BCUT2D eigenvalue weighted by Gasteiger charge is -2.32. The third-order valence-electron chi connectivity index (χ3n) is 1.58. The minimum atomic E-state index is -1.17. The molecule has 0 aliphatic rings. The van der Waals surface area contributed by atoms with Gasteiger partial charge in [0.05, 0.1) is 0 Å². The topological polar surface area (TPSA) is 76.5 Å². The van der Waals surface area contributed by atoms with E-state index in [1.165, 1.54) is 19.2 Å². The van der Waals surface area contributed by atoms with Crippen molar-refractivity contribution in [2.45, 2.75) is 13.0 Å². The van der Waals surface area contributed by atoms with E-state index in [4.69, 9.17) is 5.11 Å². The maximum Gasteiger partial charge on any atom is 0.325 e. The second kappa shape index (κ2) is 3.86. The third kappa shape index (κ3) is 2.16. The molecule has 0 fully saturated rings. The maximum absolute atomic E-state index is 11.3. The second-order valence-corrected chi connectivity index (χ2v) is 2.53. The van der Waals surface area contributed by atoms with Crippen LogP contribution >= 0.6 is 0 Å². The molecule has 0 aliphatic heterocycles. The number of hydrogen-bond donors (Lipinski definition) is 1. The average Bonchev–Trinajstić information content (AvgIpc) is 2.17. The molecular formula is C8H9N2O3-. The zero-order valence-corrected chi connectivity index (χ0v) is 7.04. The van der Waals surface area contributed by atoms with E-state index in [1.54, 1.807) is 12.1 Å². The number of carboxylic acid groups (broad SMARTS) is 1. The summed E-state index contributed by atoms with van der Waals surface area (Å²) < 4.78 is 0. The number of hydrogen-bond acceptors (Lipinski definition) is 4. The number of hydroxylamine groups is 1. The predicted molar refractivity (Wildman–Crippen MR) is 47.2 cm³/mol. The second-order valence-electron chi connectivity index (χ2n) is 2.53. The van der Waals surface area contributed by atoms with Crippen LogP contribution < -0.4 is 5.06 Å².